The summed E-state index contributed by atoms with van der Waals surface area (Å²) >= 11 is 1.80. The second-order valence-corrected chi connectivity index (χ2v) is 13.5. The van der Waals surface area contributed by atoms with Crippen LogP contribution in [0.25, 0.3) is 0 Å². The van der Waals surface area contributed by atoms with E-state index >= 15 is 0 Å². The number of anilines is 1. The lowest BCUT2D eigenvalue weighted by molar-refractivity contribution is 0.108. The molecule has 0 aromatic heterocycles. The molecule has 0 aliphatic carbocycles. The number of carbonyl (C=O) groups excluding carboxylic acids is 3. The molecule has 0 radical (unpaired) electrons. The number of thioether (sulfide) groups is 1. The van der Waals surface area contributed by atoms with Crippen molar-refractivity contribution in [1.29, 1.82) is 5.41 Å². The molecule has 11 heteroatoms. The van der Waals surface area contributed by atoms with E-state index in [4.69, 9.17) is 19.6 Å². The highest BCUT2D eigenvalue weighted by molar-refractivity contribution is 8.01. The molecule has 1 aliphatic heterocycles. The van der Waals surface area contributed by atoms with E-state index < -0.39 is 29.0 Å². The fraction of sp³-hybridized carbons (Fsp3) is 0.190. The van der Waals surface area contributed by atoms with Gasteiger partial charge in [-0.25, -0.2) is 19.3 Å². The van der Waals surface area contributed by atoms with Crippen LogP contribution in [-0.2, 0) is 19.0 Å². The molecule has 1 fully saturated rings. The Morgan fingerprint density at radius 2 is 1.25 bits per heavy atom. The number of hydrogen-bond acceptors (Lipinski definition) is 8. The van der Waals surface area contributed by atoms with E-state index in [0.29, 0.717) is 13.0 Å². The Bertz CT molecular complexity index is 1790. The zero-order valence-electron chi connectivity index (χ0n) is 29.3. The number of likely N-dealkylation sites (tertiary alicyclic amines) is 1. The molecule has 3 amide bonds. The topological polar surface area (TPSA) is 121 Å². The molecule has 0 saturated carbocycles. The van der Waals surface area contributed by atoms with E-state index in [2.05, 4.69) is 61.5 Å². The van der Waals surface area contributed by atoms with E-state index in [1.54, 1.807) is 40.9 Å². The fourth-order valence-corrected chi connectivity index (χ4v) is 8.11. The molecule has 10 nitrogen and oxygen atoms in total. The van der Waals surface area contributed by atoms with Crippen LogP contribution < -0.4 is 10.2 Å². The largest absolute Gasteiger partial charge is 0.445 e. The Balaban J connectivity index is 1.50. The van der Waals surface area contributed by atoms with Crippen LogP contribution in [0.1, 0.15) is 34.7 Å². The first kappa shape index (κ1) is 38.2. The molecule has 4 aromatic rings. The van der Waals surface area contributed by atoms with E-state index in [0.717, 1.165) is 27.2 Å². The van der Waals surface area contributed by atoms with Crippen molar-refractivity contribution in [2.45, 2.75) is 22.5 Å². The van der Waals surface area contributed by atoms with Gasteiger partial charge in [-0.05, 0) is 40.8 Å². The number of amides is 3. The lowest BCUT2D eigenvalue weighted by Crippen LogP contribution is -2.47. The van der Waals surface area contributed by atoms with E-state index in [1.165, 1.54) is 18.2 Å². The minimum atomic E-state index is -0.936. The average Bonchev–Trinajstić information content (AvgIpc) is 3.62. The van der Waals surface area contributed by atoms with E-state index in [1.807, 2.05) is 54.6 Å². The van der Waals surface area contributed by atoms with Crippen LogP contribution >= 0.6 is 11.8 Å². The second-order valence-electron chi connectivity index (χ2n) is 11.9. The van der Waals surface area contributed by atoms with Gasteiger partial charge in [0.15, 0.2) is 0 Å². The van der Waals surface area contributed by atoms with Crippen LogP contribution in [0.4, 0.5) is 20.1 Å². The molecule has 53 heavy (non-hydrogen) atoms. The van der Waals surface area contributed by atoms with Crippen molar-refractivity contribution in [3.05, 3.63) is 175 Å². The zero-order chi connectivity index (χ0) is 37.6. The molecule has 1 saturated heterocycles. The molecular weight excluding hydrogens is 689 g/mol. The Labute approximate surface area is 314 Å². The van der Waals surface area contributed by atoms with E-state index in [-0.39, 0.29) is 36.8 Å². The van der Waals surface area contributed by atoms with Crippen molar-refractivity contribution in [1.82, 2.24) is 10.2 Å². The highest BCUT2D eigenvalue weighted by atomic mass is 32.2. The summed E-state index contributed by atoms with van der Waals surface area (Å²) in [5.74, 6) is -0.577. The van der Waals surface area contributed by atoms with Gasteiger partial charge >= 0.3 is 18.3 Å². The van der Waals surface area contributed by atoms with Crippen molar-refractivity contribution < 1.29 is 28.6 Å². The second kappa shape index (κ2) is 18.4. The zero-order valence-corrected chi connectivity index (χ0v) is 30.1. The summed E-state index contributed by atoms with van der Waals surface area (Å²) in [5, 5.41) is 10.7. The number of alkyl carbamates (subject to hydrolysis) is 1. The maximum atomic E-state index is 13.6. The molecule has 5 rings (SSSR count). The molecule has 0 unspecified atom stereocenters. The maximum Gasteiger partial charge on any atom is 0.421 e. The lowest BCUT2D eigenvalue weighted by Gasteiger charge is -2.37. The fourth-order valence-electron chi connectivity index (χ4n) is 6.28. The third kappa shape index (κ3) is 9.06. The summed E-state index contributed by atoms with van der Waals surface area (Å²) in [6.07, 6.45) is 2.60. The summed E-state index contributed by atoms with van der Waals surface area (Å²) < 4.78 is 15.1. The van der Waals surface area contributed by atoms with Crippen LogP contribution in [-0.4, -0.2) is 60.8 Å². The minimum absolute atomic E-state index is 0.0408. The normalized spacial score (nSPS) is 15.1. The molecule has 1 aliphatic rings. The van der Waals surface area contributed by atoms with Crippen LogP contribution in [0.3, 0.4) is 0 Å². The Hall–Kier alpha value is -6.07. The third-order valence-corrected chi connectivity index (χ3v) is 10.3. The van der Waals surface area contributed by atoms with E-state index in [9.17, 15) is 14.4 Å². The lowest BCUT2D eigenvalue weighted by atomic mass is 9.84. The van der Waals surface area contributed by atoms with Crippen LogP contribution in [0.5, 0.6) is 0 Å². The van der Waals surface area contributed by atoms with Gasteiger partial charge in [0.05, 0.1) is 16.5 Å². The Morgan fingerprint density at radius 3 is 1.75 bits per heavy atom. The van der Waals surface area contributed by atoms with Crippen molar-refractivity contribution in [3.8, 4) is 0 Å². The smallest absolute Gasteiger partial charge is 0.421 e. The van der Waals surface area contributed by atoms with Gasteiger partial charge in [0.25, 0.3) is 0 Å². The minimum Gasteiger partial charge on any atom is -0.445 e. The summed E-state index contributed by atoms with van der Waals surface area (Å²) in [5.41, 5.74) is 4.38. The van der Waals surface area contributed by atoms with Gasteiger partial charge in [-0.1, -0.05) is 141 Å². The van der Waals surface area contributed by atoms with Gasteiger partial charge in [-0.2, -0.15) is 0 Å². The molecule has 0 spiro atoms. The van der Waals surface area contributed by atoms with Gasteiger partial charge in [0.2, 0.25) is 5.96 Å². The average molecular weight is 731 g/mol. The van der Waals surface area contributed by atoms with Gasteiger partial charge in [0.1, 0.15) is 19.8 Å². The van der Waals surface area contributed by atoms with Crippen molar-refractivity contribution in [2.75, 3.05) is 31.3 Å². The highest BCUT2D eigenvalue weighted by Gasteiger charge is 2.45. The maximum absolute atomic E-state index is 13.6. The van der Waals surface area contributed by atoms with Gasteiger partial charge in [-0.15, -0.1) is 11.8 Å². The number of guanidine groups is 1. The first-order valence-electron chi connectivity index (χ1n) is 17.0. The molecule has 0 bridgehead atoms. The third-order valence-electron chi connectivity index (χ3n) is 8.53. The summed E-state index contributed by atoms with van der Waals surface area (Å²) in [4.78, 5) is 41.6. The molecule has 2 N–H and O–H groups in total. The number of hydrogen-bond donors (Lipinski definition) is 2. The summed E-state index contributed by atoms with van der Waals surface area (Å²) in [7, 11) is 0. The number of benzene rings is 4. The molecule has 272 valence electrons. The Morgan fingerprint density at radius 1 is 0.755 bits per heavy atom. The first-order chi connectivity index (χ1) is 25.8. The highest BCUT2D eigenvalue weighted by Crippen LogP contribution is 2.53. The summed E-state index contributed by atoms with van der Waals surface area (Å²) in [6, 6.07) is 37.6. The molecule has 4 aromatic carbocycles. The van der Waals surface area contributed by atoms with Crippen molar-refractivity contribution in [3.63, 3.8) is 0 Å². The quantitative estimate of drug-likeness (QED) is 0.0464. The molecular formula is C42H42N4O6S. The predicted octanol–water partition coefficient (Wildman–Crippen LogP) is 8.83. The van der Waals surface area contributed by atoms with Gasteiger partial charge in [-0.3, -0.25) is 10.7 Å². The van der Waals surface area contributed by atoms with Crippen LogP contribution in [0.2, 0.25) is 0 Å². The monoisotopic (exact) mass is 730 g/mol. The van der Waals surface area contributed by atoms with Gasteiger partial charge < -0.3 is 19.1 Å². The number of ether oxygens (including phenoxy) is 3. The SMILES string of the molecule is C=CCOC(=O)NC(=N)N(C(=O)OCC=C)c1ccc([C@H]2C[C@H](SC(c3ccccc3)(c3ccccc3)c3ccccc3)CN2C(=O)OCC=C)cc1. The predicted molar refractivity (Wildman–Crippen MR) is 209 cm³/mol. The van der Waals surface area contributed by atoms with Crippen LogP contribution in [0, 0.1) is 5.41 Å². The number of rotatable bonds is 13. The standard InChI is InChI=1S/C42H42N4O6S/c1-4-26-50-39(47)44-38(43)46(41(49)52-28-6-3)35-24-22-31(23-25-35)37-29-36(30-45(37)40(48)51-27-5-2)53-42(32-16-10-7-11-17-32,33-18-12-8-13-19-33)34-20-14-9-15-21-34/h4-25,36-37H,1-3,26-30H2,(H2,43,44,47)/t36-,37+/m0/s1. The molecule has 2 atom stereocenters. The Kier molecular flexibility index (Phi) is 13.3. The summed E-state index contributed by atoms with van der Waals surface area (Å²) in [6.45, 7) is 11.1. The number of nitrogens with zero attached hydrogens (tertiary/aromatic N) is 2. The van der Waals surface area contributed by atoms with Crippen molar-refractivity contribution >= 4 is 41.7 Å². The van der Waals surface area contributed by atoms with Crippen molar-refractivity contribution in [2.24, 2.45) is 0 Å². The number of carbonyl (C=O) groups is 3. The van der Waals surface area contributed by atoms with Crippen LogP contribution in [0.15, 0.2) is 153 Å². The first-order valence-corrected chi connectivity index (χ1v) is 17.9. The number of nitrogens with one attached hydrogen (secondary N) is 2. The molecule has 1 heterocycles. The van der Waals surface area contributed by atoms with Gasteiger partial charge in [0, 0.05) is 11.8 Å².